The van der Waals surface area contributed by atoms with Crippen LogP contribution in [-0.4, -0.2) is 4.98 Å². The molecular formula is C25H32N2. The molecule has 3 rings (SSSR count). The highest BCUT2D eigenvalue weighted by atomic mass is 14.7. The van der Waals surface area contributed by atoms with Crippen molar-refractivity contribution in [1.29, 1.82) is 5.26 Å². The van der Waals surface area contributed by atoms with E-state index in [-0.39, 0.29) is 0 Å². The molecule has 0 atom stereocenters. The van der Waals surface area contributed by atoms with Crippen LogP contribution in [0, 0.1) is 11.3 Å². The number of rotatable bonds is 8. The Kier molecular flexibility index (Phi) is 7.45. The normalized spacial score (nSPS) is 19.6. The van der Waals surface area contributed by atoms with Crippen LogP contribution < -0.4 is 0 Å². The Bertz CT molecular complexity index is 716. The van der Waals surface area contributed by atoms with Crippen molar-refractivity contribution in [3.05, 3.63) is 65.0 Å². The van der Waals surface area contributed by atoms with Crippen molar-refractivity contribution in [2.45, 2.75) is 83.0 Å². The zero-order valence-electron chi connectivity index (χ0n) is 16.7. The van der Waals surface area contributed by atoms with E-state index in [0.717, 1.165) is 5.69 Å². The van der Waals surface area contributed by atoms with Gasteiger partial charge in [0.25, 0.3) is 0 Å². The predicted molar refractivity (Wildman–Crippen MR) is 112 cm³/mol. The van der Waals surface area contributed by atoms with E-state index in [4.69, 9.17) is 5.26 Å². The van der Waals surface area contributed by atoms with Gasteiger partial charge in [0.05, 0.1) is 5.56 Å². The second kappa shape index (κ2) is 10.3. The molecule has 1 aliphatic carbocycles. The number of aromatic nitrogens is 1. The maximum Gasteiger partial charge on any atom is 0.101 e. The first-order chi connectivity index (χ1) is 13.3. The molecule has 0 amide bonds. The number of hydrogen-bond acceptors (Lipinski definition) is 2. The van der Waals surface area contributed by atoms with Crippen LogP contribution in [0.25, 0.3) is 0 Å². The molecule has 1 heterocycles. The van der Waals surface area contributed by atoms with Gasteiger partial charge in [-0.1, -0.05) is 56.9 Å². The first kappa shape index (κ1) is 19.6. The SMILES string of the molecule is CCCCCCCc1ccc(C2CCC(c3ccc(C#N)cn3)CC2)cc1. The number of aryl methyl sites for hydroxylation is 1. The number of hydrogen-bond donors (Lipinski definition) is 0. The summed E-state index contributed by atoms with van der Waals surface area (Å²) in [5.74, 6) is 1.25. The lowest BCUT2D eigenvalue weighted by atomic mass is 9.77. The van der Waals surface area contributed by atoms with Gasteiger partial charge in [-0.2, -0.15) is 5.26 Å². The molecule has 1 fully saturated rings. The summed E-state index contributed by atoms with van der Waals surface area (Å²) in [5, 5.41) is 8.91. The Morgan fingerprint density at radius 2 is 1.59 bits per heavy atom. The molecule has 2 heteroatoms. The third-order valence-electron chi connectivity index (χ3n) is 6.08. The first-order valence-corrected chi connectivity index (χ1v) is 10.7. The monoisotopic (exact) mass is 360 g/mol. The molecule has 1 aliphatic rings. The summed E-state index contributed by atoms with van der Waals surface area (Å²) in [6.45, 7) is 2.27. The third kappa shape index (κ3) is 5.67. The van der Waals surface area contributed by atoms with Crippen LogP contribution in [0.2, 0.25) is 0 Å². The summed E-state index contributed by atoms with van der Waals surface area (Å²) in [6, 6.07) is 15.5. The van der Waals surface area contributed by atoms with Crippen molar-refractivity contribution < 1.29 is 0 Å². The second-order valence-electron chi connectivity index (χ2n) is 8.04. The van der Waals surface area contributed by atoms with Gasteiger partial charge < -0.3 is 0 Å². The average molecular weight is 361 g/mol. The van der Waals surface area contributed by atoms with Gasteiger partial charge in [-0.25, -0.2) is 0 Å². The van der Waals surface area contributed by atoms with Gasteiger partial charge in [0, 0.05) is 17.8 Å². The Morgan fingerprint density at radius 1 is 0.889 bits per heavy atom. The second-order valence-corrected chi connectivity index (χ2v) is 8.04. The lowest BCUT2D eigenvalue weighted by molar-refractivity contribution is 0.391. The molecule has 1 saturated carbocycles. The van der Waals surface area contributed by atoms with E-state index >= 15 is 0 Å². The van der Waals surface area contributed by atoms with Gasteiger partial charge in [0.1, 0.15) is 6.07 Å². The number of nitrogens with zero attached hydrogens (tertiary/aromatic N) is 2. The fourth-order valence-electron chi connectivity index (χ4n) is 4.32. The summed E-state index contributed by atoms with van der Waals surface area (Å²) in [4.78, 5) is 4.51. The standard InChI is InChI=1S/C25H32N2/c1-2-3-4-5-6-7-20-8-11-22(12-9-20)23-13-15-24(16-14-23)25-17-10-21(18-26)19-27-25/h8-12,17,19,23-24H,2-7,13-16H2,1H3. The van der Waals surface area contributed by atoms with E-state index in [9.17, 15) is 0 Å². The van der Waals surface area contributed by atoms with Gasteiger partial charge in [0.2, 0.25) is 0 Å². The maximum atomic E-state index is 8.91. The van der Waals surface area contributed by atoms with Gasteiger partial charge in [-0.05, 0) is 67.7 Å². The summed E-state index contributed by atoms with van der Waals surface area (Å²) < 4.78 is 0. The molecule has 0 spiro atoms. The van der Waals surface area contributed by atoms with E-state index in [0.29, 0.717) is 17.4 Å². The average Bonchev–Trinajstić information content (AvgIpc) is 2.74. The van der Waals surface area contributed by atoms with E-state index in [1.54, 1.807) is 6.20 Å². The van der Waals surface area contributed by atoms with Crippen LogP contribution in [0.3, 0.4) is 0 Å². The van der Waals surface area contributed by atoms with E-state index in [1.807, 2.05) is 12.1 Å². The Hall–Kier alpha value is -2.14. The van der Waals surface area contributed by atoms with Gasteiger partial charge >= 0.3 is 0 Å². The summed E-state index contributed by atoms with van der Waals surface area (Å²) in [6.07, 6.45) is 14.6. The number of benzene rings is 1. The lowest BCUT2D eigenvalue weighted by Gasteiger charge is -2.28. The van der Waals surface area contributed by atoms with Crippen LogP contribution in [0.15, 0.2) is 42.6 Å². The zero-order chi connectivity index (χ0) is 18.9. The van der Waals surface area contributed by atoms with E-state index in [1.165, 1.54) is 75.3 Å². The fraction of sp³-hybridized carbons (Fsp3) is 0.520. The molecular weight excluding hydrogens is 328 g/mol. The van der Waals surface area contributed by atoms with Gasteiger partial charge in [0.15, 0.2) is 0 Å². The van der Waals surface area contributed by atoms with Crippen molar-refractivity contribution in [2.75, 3.05) is 0 Å². The van der Waals surface area contributed by atoms with Crippen LogP contribution in [0.1, 0.15) is 98.9 Å². The summed E-state index contributed by atoms with van der Waals surface area (Å²) in [5.41, 5.74) is 4.81. The highest BCUT2D eigenvalue weighted by molar-refractivity contribution is 5.29. The molecule has 1 aromatic heterocycles. The van der Waals surface area contributed by atoms with Crippen LogP contribution in [-0.2, 0) is 6.42 Å². The van der Waals surface area contributed by atoms with Crippen LogP contribution >= 0.6 is 0 Å². The van der Waals surface area contributed by atoms with Crippen LogP contribution in [0.4, 0.5) is 0 Å². The van der Waals surface area contributed by atoms with Crippen molar-refractivity contribution in [1.82, 2.24) is 4.98 Å². The molecule has 0 radical (unpaired) electrons. The molecule has 2 nitrogen and oxygen atoms in total. The molecule has 1 aromatic carbocycles. The minimum absolute atomic E-state index is 0.552. The predicted octanol–water partition coefficient (Wildman–Crippen LogP) is 6.91. The van der Waals surface area contributed by atoms with E-state index in [2.05, 4.69) is 42.2 Å². The molecule has 142 valence electrons. The molecule has 2 aromatic rings. The van der Waals surface area contributed by atoms with Crippen LogP contribution in [0.5, 0.6) is 0 Å². The topological polar surface area (TPSA) is 36.7 Å². The highest BCUT2D eigenvalue weighted by Crippen LogP contribution is 2.39. The lowest BCUT2D eigenvalue weighted by Crippen LogP contribution is -2.13. The fourth-order valence-corrected chi connectivity index (χ4v) is 4.32. The molecule has 0 aliphatic heterocycles. The molecule has 27 heavy (non-hydrogen) atoms. The van der Waals surface area contributed by atoms with Crippen molar-refractivity contribution in [2.24, 2.45) is 0 Å². The number of unbranched alkanes of at least 4 members (excludes halogenated alkanes) is 4. The zero-order valence-corrected chi connectivity index (χ0v) is 16.7. The minimum atomic E-state index is 0.552. The molecule has 0 unspecified atom stereocenters. The number of pyridine rings is 1. The van der Waals surface area contributed by atoms with Gasteiger partial charge in [-0.3, -0.25) is 4.98 Å². The Morgan fingerprint density at radius 3 is 2.22 bits per heavy atom. The quantitative estimate of drug-likeness (QED) is 0.480. The summed E-state index contributed by atoms with van der Waals surface area (Å²) >= 11 is 0. The Balaban J connectivity index is 1.47. The molecule has 0 bridgehead atoms. The third-order valence-corrected chi connectivity index (χ3v) is 6.08. The Labute approximate surface area is 164 Å². The van der Waals surface area contributed by atoms with Crippen molar-refractivity contribution in [3.8, 4) is 6.07 Å². The maximum absolute atomic E-state index is 8.91. The smallest absolute Gasteiger partial charge is 0.101 e. The largest absolute Gasteiger partial charge is 0.260 e. The summed E-state index contributed by atoms with van der Waals surface area (Å²) in [7, 11) is 0. The first-order valence-electron chi connectivity index (χ1n) is 10.7. The minimum Gasteiger partial charge on any atom is -0.260 e. The van der Waals surface area contributed by atoms with E-state index < -0.39 is 0 Å². The molecule has 0 N–H and O–H groups in total. The van der Waals surface area contributed by atoms with Gasteiger partial charge in [-0.15, -0.1) is 0 Å². The highest BCUT2D eigenvalue weighted by Gasteiger charge is 2.24. The van der Waals surface area contributed by atoms with Crippen molar-refractivity contribution in [3.63, 3.8) is 0 Å². The van der Waals surface area contributed by atoms with Crippen molar-refractivity contribution >= 4 is 0 Å². The number of nitriles is 1. The molecule has 0 saturated heterocycles.